The topological polar surface area (TPSA) is 129 Å². The molecule has 0 aliphatic carbocycles. The number of rotatable bonds is 7. The smallest absolute Gasteiger partial charge is 0.238 e. The summed E-state index contributed by atoms with van der Waals surface area (Å²) >= 11 is 0. The zero-order valence-corrected chi connectivity index (χ0v) is 15.4. The molecular formula is C17H22N4O4S. The van der Waals surface area contributed by atoms with E-state index >= 15 is 0 Å². The summed E-state index contributed by atoms with van der Waals surface area (Å²) < 4.78 is 33.2. The molecule has 140 valence electrons. The van der Waals surface area contributed by atoms with Gasteiger partial charge < -0.3 is 20.5 Å². The number of aliphatic imine (C=N–C) groups is 1. The normalized spacial score (nSPS) is 11.9. The van der Waals surface area contributed by atoms with Crippen molar-refractivity contribution in [3.8, 4) is 11.5 Å². The van der Waals surface area contributed by atoms with Gasteiger partial charge in [-0.05, 0) is 35.4 Å². The highest BCUT2D eigenvalue weighted by atomic mass is 32.2. The first-order valence-corrected chi connectivity index (χ1v) is 9.24. The van der Waals surface area contributed by atoms with Crippen LogP contribution in [0.2, 0.25) is 0 Å². The lowest BCUT2D eigenvalue weighted by atomic mass is 10.2. The van der Waals surface area contributed by atoms with Gasteiger partial charge >= 0.3 is 0 Å². The van der Waals surface area contributed by atoms with Crippen LogP contribution in [0.4, 0.5) is 0 Å². The number of benzene rings is 2. The largest absolute Gasteiger partial charge is 0.493 e. The summed E-state index contributed by atoms with van der Waals surface area (Å²) in [6.45, 7) is 0.682. The van der Waals surface area contributed by atoms with E-state index in [2.05, 4.69) is 10.3 Å². The number of hydrogen-bond acceptors (Lipinski definition) is 5. The number of sulfonamides is 1. The standard InChI is InChI=1S/C17H22N4O4S/c1-24-15-7-6-13(9-16(15)25-2)11-21-17(18)20-10-12-4-3-5-14(8-12)26(19,22)23/h3-9H,10-11H2,1-2H3,(H3,18,20,21)(H2,19,22,23). The Kier molecular flexibility index (Phi) is 6.42. The molecule has 0 heterocycles. The molecule has 0 spiro atoms. The zero-order valence-electron chi connectivity index (χ0n) is 14.6. The SMILES string of the molecule is COc1ccc(CNC(N)=NCc2cccc(S(N)(=O)=O)c2)cc1OC. The number of nitrogens with zero attached hydrogens (tertiary/aromatic N) is 1. The highest BCUT2D eigenvalue weighted by Gasteiger charge is 2.08. The average molecular weight is 378 g/mol. The molecule has 0 saturated carbocycles. The highest BCUT2D eigenvalue weighted by molar-refractivity contribution is 7.89. The Bertz CT molecular complexity index is 897. The van der Waals surface area contributed by atoms with Gasteiger partial charge in [-0.2, -0.15) is 0 Å². The summed E-state index contributed by atoms with van der Waals surface area (Å²) in [7, 11) is -0.595. The van der Waals surface area contributed by atoms with E-state index in [-0.39, 0.29) is 17.4 Å². The lowest BCUT2D eigenvalue weighted by Gasteiger charge is -2.10. The molecule has 0 aliphatic rings. The van der Waals surface area contributed by atoms with Crippen LogP contribution in [-0.4, -0.2) is 28.6 Å². The van der Waals surface area contributed by atoms with Gasteiger partial charge in [-0.3, -0.25) is 0 Å². The molecule has 2 aromatic carbocycles. The molecular weight excluding hydrogens is 356 g/mol. The molecule has 8 nitrogen and oxygen atoms in total. The van der Waals surface area contributed by atoms with Crippen molar-refractivity contribution in [1.82, 2.24) is 5.32 Å². The Hall–Kier alpha value is -2.78. The Balaban J connectivity index is 1.99. The Labute approximate surface area is 152 Å². The molecule has 0 aromatic heterocycles. The lowest BCUT2D eigenvalue weighted by molar-refractivity contribution is 0.354. The second-order valence-electron chi connectivity index (χ2n) is 5.44. The molecule has 0 unspecified atom stereocenters. The quantitative estimate of drug-likeness (QED) is 0.486. The fourth-order valence-corrected chi connectivity index (χ4v) is 2.82. The van der Waals surface area contributed by atoms with Crippen molar-refractivity contribution in [3.63, 3.8) is 0 Å². The van der Waals surface area contributed by atoms with Gasteiger partial charge in [0.25, 0.3) is 0 Å². The molecule has 5 N–H and O–H groups in total. The first kappa shape index (κ1) is 19.5. The number of hydrogen-bond donors (Lipinski definition) is 3. The predicted octanol–water partition coefficient (Wildman–Crippen LogP) is 0.956. The van der Waals surface area contributed by atoms with Gasteiger partial charge in [-0.25, -0.2) is 18.5 Å². The average Bonchev–Trinajstić information content (AvgIpc) is 2.64. The maximum absolute atomic E-state index is 11.4. The fraction of sp³-hybridized carbons (Fsp3) is 0.235. The van der Waals surface area contributed by atoms with Crippen LogP contribution in [0.15, 0.2) is 52.4 Å². The van der Waals surface area contributed by atoms with Crippen molar-refractivity contribution in [1.29, 1.82) is 0 Å². The minimum absolute atomic E-state index is 0.0436. The van der Waals surface area contributed by atoms with Crippen LogP contribution < -0.4 is 25.7 Å². The number of ether oxygens (including phenoxy) is 2. The molecule has 0 atom stereocenters. The van der Waals surface area contributed by atoms with Crippen LogP contribution in [0.1, 0.15) is 11.1 Å². The van der Waals surface area contributed by atoms with Crippen molar-refractivity contribution in [3.05, 3.63) is 53.6 Å². The third-order valence-electron chi connectivity index (χ3n) is 3.58. The lowest BCUT2D eigenvalue weighted by Crippen LogP contribution is -2.31. The predicted molar refractivity (Wildman–Crippen MR) is 99.5 cm³/mol. The van der Waals surface area contributed by atoms with E-state index in [9.17, 15) is 8.42 Å². The van der Waals surface area contributed by atoms with Crippen LogP contribution in [0.3, 0.4) is 0 Å². The summed E-state index contributed by atoms with van der Waals surface area (Å²) in [5, 5.41) is 8.11. The third kappa shape index (κ3) is 5.36. The molecule has 0 fully saturated rings. The number of methoxy groups -OCH3 is 2. The first-order chi connectivity index (χ1) is 12.3. The molecule has 2 rings (SSSR count). The number of nitrogens with two attached hydrogens (primary N) is 2. The molecule has 0 amide bonds. The van der Waals surface area contributed by atoms with Crippen LogP contribution in [-0.2, 0) is 23.1 Å². The number of guanidine groups is 1. The molecule has 0 saturated heterocycles. The van der Waals surface area contributed by atoms with Gasteiger partial charge in [-0.15, -0.1) is 0 Å². The Morgan fingerprint density at radius 1 is 1.08 bits per heavy atom. The summed E-state index contributed by atoms with van der Waals surface area (Å²) in [6.07, 6.45) is 0. The maximum atomic E-state index is 11.4. The van der Waals surface area contributed by atoms with E-state index in [0.29, 0.717) is 23.6 Å². The summed E-state index contributed by atoms with van der Waals surface area (Å²) in [5.74, 6) is 1.51. The van der Waals surface area contributed by atoms with Gasteiger partial charge in [0.05, 0.1) is 25.7 Å². The second-order valence-corrected chi connectivity index (χ2v) is 7.00. The molecule has 0 bridgehead atoms. The minimum Gasteiger partial charge on any atom is -0.493 e. The number of primary sulfonamides is 1. The van der Waals surface area contributed by atoms with E-state index < -0.39 is 10.0 Å². The van der Waals surface area contributed by atoms with Gasteiger partial charge in [0, 0.05) is 6.54 Å². The van der Waals surface area contributed by atoms with Gasteiger partial charge in [-0.1, -0.05) is 18.2 Å². The molecule has 0 aliphatic heterocycles. The summed E-state index contributed by atoms with van der Waals surface area (Å²) in [4.78, 5) is 4.24. The van der Waals surface area contributed by atoms with Crippen molar-refractivity contribution in [2.24, 2.45) is 15.9 Å². The first-order valence-electron chi connectivity index (χ1n) is 7.70. The van der Waals surface area contributed by atoms with Crippen molar-refractivity contribution < 1.29 is 17.9 Å². The van der Waals surface area contributed by atoms with E-state index in [0.717, 1.165) is 5.56 Å². The third-order valence-corrected chi connectivity index (χ3v) is 4.49. The Morgan fingerprint density at radius 3 is 2.46 bits per heavy atom. The van der Waals surface area contributed by atoms with Crippen molar-refractivity contribution >= 4 is 16.0 Å². The van der Waals surface area contributed by atoms with E-state index in [1.807, 2.05) is 18.2 Å². The van der Waals surface area contributed by atoms with Gasteiger partial charge in [0.15, 0.2) is 17.5 Å². The van der Waals surface area contributed by atoms with Gasteiger partial charge in [0.1, 0.15) is 0 Å². The monoisotopic (exact) mass is 378 g/mol. The minimum atomic E-state index is -3.74. The molecule has 2 aromatic rings. The van der Waals surface area contributed by atoms with Gasteiger partial charge in [0.2, 0.25) is 10.0 Å². The summed E-state index contributed by atoms with van der Waals surface area (Å²) in [6, 6.07) is 11.8. The summed E-state index contributed by atoms with van der Waals surface area (Å²) in [5.41, 5.74) is 7.49. The van der Waals surface area contributed by atoms with E-state index in [1.165, 1.54) is 12.1 Å². The van der Waals surface area contributed by atoms with Crippen LogP contribution in [0.5, 0.6) is 11.5 Å². The molecule has 26 heavy (non-hydrogen) atoms. The molecule has 9 heteroatoms. The fourth-order valence-electron chi connectivity index (χ4n) is 2.24. The molecule has 0 radical (unpaired) electrons. The van der Waals surface area contributed by atoms with Crippen LogP contribution in [0.25, 0.3) is 0 Å². The second kappa shape index (κ2) is 8.54. The van der Waals surface area contributed by atoms with E-state index in [1.54, 1.807) is 26.4 Å². The zero-order chi connectivity index (χ0) is 19.2. The van der Waals surface area contributed by atoms with Crippen molar-refractivity contribution in [2.45, 2.75) is 18.0 Å². The van der Waals surface area contributed by atoms with Crippen molar-refractivity contribution in [2.75, 3.05) is 14.2 Å². The Morgan fingerprint density at radius 2 is 1.81 bits per heavy atom. The van der Waals surface area contributed by atoms with E-state index in [4.69, 9.17) is 20.3 Å². The van der Waals surface area contributed by atoms with Crippen LogP contribution in [0, 0.1) is 0 Å². The number of nitrogens with one attached hydrogen (secondary N) is 1. The maximum Gasteiger partial charge on any atom is 0.238 e. The van der Waals surface area contributed by atoms with Crippen LogP contribution >= 0.6 is 0 Å². The highest BCUT2D eigenvalue weighted by Crippen LogP contribution is 2.27.